The topological polar surface area (TPSA) is 29.5 Å². The number of esters is 1. The first-order valence-corrected chi connectivity index (χ1v) is 9.02. The molecule has 3 heteroatoms. The van der Waals surface area contributed by atoms with E-state index in [1.807, 2.05) is 0 Å². The normalized spacial score (nSPS) is 19.5. The van der Waals surface area contributed by atoms with Gasteiger partial charge in [0.1, 0.15) is 6.61 Å². The third-order valence-corrected chi connectivity index (χ3v) is 5.23. The first-order valence-electron chi connectivity index (χ1n) is 9.02. The Morgan fingerprint density at radius 2 is 1.76 bits per heavy atom. The zero-order valence-corrected chi connectivity index (χ0v) is 14.6. The summed E-state index contributed by atoms with van der Waals surface area (Å²) < 4.78 is 5.63. The molecule has 124 valence electrons. The van der Waals surface area contributed by atoms with Crippen molar-refractivity contribution in [3.63, 3.8) is 0 Å². The quantitative estimate of drug-likeness (QED) is 0.600. The predicted molar refractivity (Wildman–Crippen MR) is 88.3 cm³/mol. The smallest absolute Gasteiger partial charge is 0.309 e. The van der Waals surface area contributed by atoms with E-state index in [4.69, 9.17) is 4.74 Å². The van der Waals surface area contributed by atoms with Crippen LogP contribution in [-0.2, 0) is 9.53 Å². The van der Waals surface area contributed by atoms with Crippen LogP contribution in [0.15, 0.2) is 0 Å². The molecule has 0 aromatic rings. The maximum atomic E-state index is 12.6. The van der Waals surface area contributed by atoms with E-state index in [-0.39, 0.29) is 11.9 Å². The minimum atomic E-state index is 0.0587. The Labute approximate surface area is 131 Å². The van der Waals surface area contributed by atoms with Crippen LogP contribution in [0.2, 0.25) is 0 Å². The molecular weight excluding hydrogens is 262 g/mol. The number of nitrogens with zero attached hydrogens (tertiary/aromatic N) is 1. The molecule has 0 radical (unpaired) electrons. The highest BCUT2D eigenvalue weighted by atomic mass is 16.5. The van der Waals surface area contributed by atoms with Crippen molar-refractivity contribution in [1.29, 1.82) is 0 Å². The van der Waals surface area contributed by atoms with Crippen molar-refractivity contribution in [1.82, 2.24) is 4.90 Å². The summed E-state index contributed by atoms with van der Waals surface area (Å²) in [5.74, 6) is 1.17. The summed E-state index contributed by atoms with van der Waals surface area (Å²) in [6, 6.07) is 0. The van der Waals surface area contributed by atoms with Crippen LogP contribution >= 0.6 is 0 Å². The Morgan fingerprint density at radius 1 is 1.14 bits per heavy atom. The fourth-order valence-electron chi connectivity index (χ4n) is 3.55. The molecule has 0 aromatic carbocycles. The molecule has 1 aliphatic carbocycles. The molecule has 1 fully saturated rings. The van der Waals surface area contributed by atoms with Crippen molar-refractivity contribution in [2.75, 3.05) is 26.2 Å². The monoisotopic (exact) mass is 297 g/mol. The lowest BCUT2D eigenvalue weighted by molar-refractivity contribution is -0.153. The standard InChI is InChI=1S/C18H35NO2/c1-5-15(4)17(16-11-9-8-10-12-16)18(20)21-14-13-19(6-2)7-3/h15-17H,5-14H2,1-4H3. The molecule has 0 N–H and O–H groups in total. The van der Waals surface area contributed by atoms with E-state index in [1.54, 1.807) is 0 Å². The molecule has 0 aromatic heterocycles. The van der Waals surface area contributed by atoms with Crippen molar-refractivity contribution in [3.8, 4) is 0 Å². The third kappa shape index (κ3) is 5.98. The third-order valence-electron chi connectivity index (χ3n) is 5.23. The van der Waals surface area contributed by atoms with Gasteiger partial charge in [0.25, 0.3) is 0 Å². The number of ether oxygens (including phenoxy) is 1. The second-order valence-electron chi connectivity index (χ2n) is 6.50. The number of carbonyl (C=O) groups is 1. The second kappa shape index (κ2) is 10.2. The molecule has 1 saturated carbocycles. The van der Waals surface area contributed by atoms with Gasteiger partial charge in [0.2, 0.25) is 0 Å². The van der Waals surface area contributed by atoms with Crippen molar-refractivity contribution < 1.29 is 9.53 Å². The summed E-state index contributed by atoms with van der Waals surface area (Å²) in [6.45, 7) is 12.1. The summed E-state index contributed by atoms with van der Waals surface area (Å²) in [5, 5.41) is 0. The maximum Gasteiger partial charge on any atom is 0.309 e. The molecular formula is C18H35NO2. The number of hydrogen-bond acceptors (Lipinski definition) is 3. The summed E-state index contributed by atoms with van der Waals surface area (Å²) in [6.07, 6.45) is 7.38. The Hall–Kier alpha value is -0.570. The second-order valence-corrected chi connectivity index (χ2v) is 6.50. The average molecular weight is 297 g/mol. The molecule has 0 amide bonds. The summed E-state index contributed by atoms with van der Waals surface area (Å²) >= 11 is 0. The molecule has 0 saturated heterocycles. The van der Waals surface area contributed by atoms with Gasteiger partial charge in [-0.2, -0.15) is 0 Å². The Morgan fingerprint density at radius 3 is 2.29 bits per heavy atom. The van der Waals surface area contributed by atoms with Crippen LogP contribution in [0.1, 0.15) is 66.2 Å². The summed E-state index contributed by atoms with van der Waals surface area (Å²) in [5.41, 5.74) is 0. The van der Waals surface area contributed by atoms with E-state index in [1.165, 1.54) is 32.1 Å². The Balaban J connectivity index is 2.51. The van der Waals surface area contributed by atoms with Gasteiger partial charge in [-0.15, -0.1) is 0 Å². The Bertz CT molecular complexity index is 283. The van der Waals surface area contributed by atoms with Gasteiger partial charge in [0.15, 0.2) is 0 Å². The lowest BCUT2D eigenvalue weighted by Gasteiger charge is -2.32. The van der Waals surface area contributed by atoms with Gasteiger partial charge < -0.3 is 9.64 Å². The minimum Gasteiger partial charge on any atom is -0.464 e. The van der Waals surface area contributed by atoms with Gasteiger partial charge in [0, 0.05) is 6.54 Å². The first kappa shape index (κ1) is 18.5. The number of carbonyl (C=O) groups excluding carboxylic acids is 1. The average Bonchev–Trinajstić information content (AvgIpc) is 2.52. The van der Waals surface area contributed by atoms with Gasteiger partial charge >= 0.3 is 5.97 Å². The number of likely N-dealkylation sites (N-methyl/N-ethyl adjacent to an activating group) is 1. The molecule has 3 nitrogen and oxygen atoms in total. The van der Waals surface area contributed by atoms with Gasteiger partial charge in [-0.05, 0) is 37.8 Å². The van der Waals surface area contributed by atoms with E-state index in [9.17, 15) is 4.79 Å². The molecule has 0 spiro atoms. The van der Waals surface area contributed by atoms with Crippen LogP contribution in [0, 0.1) is 17.8 Å². The summed E-state index contributed by atoms with van der Waals surface area (Å²) in [4.78, 5) is 14.9. The molecule has 0 heterocycles. The zero-order valence-electron chi connectivity index (χ0n) is 14.6. The molecule has 2 atom stereocenters. The van der Waals surface area contributed by atoms with Gasteiger partial charge in [-0.25, -0.2) is 0 Å². The maximum absolute atomic E-state index is 12.6. The molecule has 1 rings (SSSR count). The molecule has 1 aliphatic rings. The Kier molecular flexibility index (Phi) is 8.98. The molecule has 21 heavy (non-hydrogen) atoms. The highest BCUT2D eigenvalue weighted by Gasteiger charge is 2.34. The highest BCUT2D eigenvalue weighted by Crippen LogP contribution is 2.35. The highest BCUT2D eigenvalue weighted by molar-refractivity contribution is 5.73. The minimum absolute atomic E-state index is 0.0587. The van der Waals surface area contributed by atoms with Gasteiger partial charge in [0.05, 0.1) is 5.92 Å². The van der Waals surface area contributed by atoms with Crippen LogP contribution in [0.25, 0.3) is 0 Å². The van der Waals surface area contributed by atoms with Gasteiger partial charge in [-0.3, -0.25) is 4.79 Å². The summed E-state index contributed by atoms with van der Waals surface area (Å²) in [7, 11) is 0. The van der Waals surface area contributed by atoms with Gasteiger partial charge in [-0.1, -0.05) is 53.4 Å². The van der Waals surface area contributed by atoms with Crippen molar-refractivity contribution in [2.45, 2.75) is 66.2 Å². The first-order chi connectivity index (χ1) is 10.1. The zero-order chi connectivity index (χ0) is 15.7. The fraction of sp³-hybridized carbons (Fsp3) is 0.944. The van der Waals surface area contributed by atoms with Crippen molar-refractivity contribution in [2.24, 2.45) is 17.8 Å². The lowest BCUT2D eigenvalue weighted by atomic mass is 9.74. The van der Waals surface area contributed by atoms with Crippen LogP contribution in [0.4, 0.5) is 0 Å². The largest absolute Gasteiger partial charge is 0.464 e. The van der Waals surface area contributed by atoms with Crippen LogP contribution < -0.4 is 0 Å². The van der Waals surface area contributed by atoms with E-state index < -0.39 is 0 Å². The van der Waals surface area contributed by atoms with Crippen LogP contribution in [0.3, 0.4) is 0 Å². The van der Waals surface area contributed by atoms with Crippen molar-refractivity contribution in [3.05, 3.63) is 0 Å². The van der Waals surface area contributed by atoms with Crippen LogP contribution in [0.5, 0.6) is 0 Å². The molecule has 0 bridgehead atoms. The van der Waals surface area contributed by atoms with E-state index in [2.05, 4.69) is 32.6 Å². The van der Waals surface area contributed by atoms with E-state index in [0.29, 0.717) is 18.4 Å². The molecule has 0 aliphatic heterocycles. The van der Waals surface area contributed by atoms with Crippen LogP contribution in [-0.4, -0.2) is 37.1 Å². The predicted octanol–water partition coefficient (Wildman–Crippen LogP) is 4.11. The SMILES string of the molecule is CCC(C)C(C(=O)OCCN(CC)CC)C1CCCCC1. The lowest BCUT2D eigenvalue weighted by Crippen LogP contribution is -2.34. The molecule has 2 unspecified atom stereocenters. The van der Waals surface area contributed by atoms with E-state index in [0.717, 1.165) is 26.1 Å². The van der Waals surface area contributed by atoms with Crippen molar-refractivity contribution >= 4 is 5.97 Å². The number of hydrogen-bond donors (Lipinski definition) is 0. The fourth-order valence-corrected chi connectivity index (χ4v) is 3.55. The van der Waals surface area contributed by atoms with E-state index >= 15 is 0 Å². The number of rotatable bonds is 9.